The van der Waals surface area contributed by atoms with Gasteiger partial charge in [0.25, 0.3) is 0 Å². The molecule has 0 aliphatic carbocycles. The van der Waals surface area contributed by atoms with Crippen molar-refractivity contribution >= 4 is 23.2 Å². The molecule has 0 heterocycles. The van der Waals surface area contributed by atoms with Crippen molar-refractivity contribution in [2.45, 2.75) is 19.8 Å². The summed E-state index contributed by atoms with van der Waals surface area (Å²) in [4.78, 5) is 0. The number of hydrogen-bond donors (Lipinski definition) is 0. The molecule has 72 valence electrons. The van der Waals surface area contributed by atoms with Crippen LogP contribution >= 0.6 is 23.2 Å². The van der Waals surface area contributed by atoms with E-state index in [0.29, 0.717) is 11.8 Å². The summed E-state index contributed by atoms with van der Waals surface area (Å²) >= 11 is 11.4. The molecule has 0 bridgehead atoms. The fourth-order valence-corrected chi connectivity index (χ4v) is 1.78. The highest BCUT2D eigenvalue weighted by Gasteiger charge is 1.99. The molecule has 0 aliphatic heterocycles. The lowest BCUT2D eigenvalue weighted by molar-refractivity contribution is 1.07. The van der Waals surface area contributed by atoms with Crippen molar-refractivity contribution in [1.29, 1.82) is 0 Å². The highest BCUT2D eigenvalue weighted by atomic mass is 35.5. The van der Waals surface area contributed by atoms with Crippen molar-refractivity contribution in [2.75, 3.05) is 11.8 Å². The predicted octanol–water partition coefficient (Wildman–Crippen LogP) is 3.56. The Kier molecular flexibility index (Phi) is 4.61. The third kappa shape index (κ3) is 3.21. The lowest BCUT2D eigenvalue weighted by Crippen LogP contribution is -1.94. The second kappa shape index (κ2) is 5.51. The summed E-state index contributed by atoms with van der Waals surface area (Å²) in [6.45, 7) is 2.12. The Morgan fingerprint density at radius 3 is 2.38 bits per heavy atom. The minimum Gasteiger partial charge on any atom is -0.126 e. The van der Waals surface area contributed by atoms with Gasteiger partial charge >= 0.3 is 0 Å². The third-order valence-electron chi connectivity index (χ3n) is 2.16. The average Bonchev–Trinajstić information content (AvgIpc) is 2.12. The lowest BCUT2D eigenvalue weighted by atomic mass is 10.0. The van der Waals surface area contributed by atoms with E-state index in [4.69, 9.17) is 23.2 Å². The van der Waals surface area contributed by atoms with E-state index >= 15 is 0 Å². The zero-order valence-corrected chi connectivity index (χ0v) is 9.33. The van der Waals surface area contributed by atoms with Gasteiger partial charge in [0.15, 0.2) is 0 Å². The van der Waals surface area contributed by atoms with Crippen molar-refractivity contribution < 1.29 is 0 Å². The Morgan fingerprint density at radius 2 is 1.77 bits per heavy atom. The maximum atomic E-state index is 5.71. The van der Waals surface area contributed by atoms with Gasteiger partial charge in [-0.3, -0.25) is 0 Å². The van der Waals surface area contributed by atoms with Crippen LogP contribution in [0.2, 0.25) is 0 Å². The molecule has 0 spiro atoms. The van der Waals surface area contributed by atoms with Gasteiger partial charge < -0.3 is 0 Å². The molecule has 2 heteroatoms. The van der Waals surface area contributed by atoms with Crippen molar-refractivity contribution in [3.05, 3.63) is 34.9 Å². The monoisotopic (exact) mass is 216 g/mol. The number of benzene rings is 1. The van der Waals surface area contributed by atoms with Gasteiger partial charge in [-0.1, -0.05) is 18.2 Å². The predicted molar refractivity (Wildman–Crippen MR) is 60.0 cm³/mol. The van der Waals surface area contributed by atoms with Crippen LogP contribution in [0.15, 0.2) is 18.2 Å². The number of aryl methyl sites for hydroxylation is 3. The van der Waals surface area contributed by atoms with Crippen LogP contribution in [0.5, 0.6) is 0 Å². The van der Waals surface area contributed by atoms with Crippen LogP contribution in [-0.2, 0) is 12.8 Å². The normalized spacial score (nSPS) is 10.4. The molecule has 0 atom stereocenters. The van der Waals surface area contributed by atoms with Gasteiger partial charge in [0, 0.05) is 11.8 Å². The van der Waals surface area contributed by atoms with Crippen LogP contribution in [0.1, 0.15) is 16.7 Å². The van der Waals surface area contributed by atoms with Crippen molar-refractivity contribution in [3.63, 3.8) is 0 Å². The first-order chi connectivity index (χ1) is 6.27. The topological polar surface area (TPSA) is 0 Å². The van der Waals surface area contributed by atoms with Crippen LogP contribution in [0.25, 0.3) is 0 Å². The van der Waals surface area contributed by atoms with Gasteiger partial charge in [-0.05, 0) is 36.5 Å². The molecule has 13 heavy (non-hydrogen) atoms. The molecule has 0 saturated heterocycles. The van der Waals surface area contributed by atoms with Crippen LogP contribution in [0, 0.1) is 6.92 Å². The van der Waals surface area contributed by atoms with E-state index < -0.39 is 0 Å². The van der Waals surface area contributed by atoms with Crippen LogP contribution in [-0.4, -0.2) is 11.8 Å². The van der Waals surface area contributed by atoms with Crippen LogP contribution < -0.4 is 0 Å². The molecule has 0 aromatic heterocycles. The molecule has 0 nitrogen and oxygen atoms in total. The highest BCUT2D eigenvalue weighted by molar-refractivity contribution is 6.18. The summed E-state index contributed by atoms with van der Waals surface area (Å²) in [6, 6.07) is 6.49. The van der Waals surface area contributed by atoms with Crippen LogP contribution in [0.3, 0.4) is 0 Å². The lowest BCUT2D eigenvalue weighted by Gasteiger charge is -2.06. The van der Waals surface area contributed by atoms with E-state index in [1.165, 1.54) is 16.7 Å². The Morgan fingerprint density at radius 1 is 1.08 bits per heavy atom. The first kappa shape index (κ1) is 10.9. The van der Waals surface area contributed by atoms with E-state index in [1.54, 1.807) is 0 Å². The Balaban J connectivity index is 2.83. The standard InChI is InChI=1S/C11H14Cl2/c1-9-2-3-10(4-6-12)8-11(9)5-7-13/h2-3,8H,4-7H2,1H3. The van der Waals surface area contributed by atoms with E-state index in [0.717, 1.165) is 12.8 Å². The quantitative estimate of drug-likeness (QED) is 0.676. The molecule has 0 fully saturated rings. The number of hydrogen-bond acceptors (Lipinski definition) is 0. The van der Waals surface area contributed by atoms with E-state index in [2.05, 4.69) is 25.1 Å². The maximum Gasteiger partial charge on any atom is 0.0264 e. The highest BCUT2D eigenvalue weighted by Crippen LogP contribution is 2.13. The summed E-state index contributed by atoms with van der Waals surface area (Å²) in [7, 11) is 0. The van der Waals surface area contributed by atoms with E-state index in [-0.39, 0.29) is 0 Å². The minimum atomic E-state index is 0.684. The second-order valence-corrected chi connectivity index (χ2v) is 3.89. The molecule has 0 N–H and O–H groups in total. The molecule has 1 aromatic rings. The Hall–Kier alpha value is -0.200. The Bertz CT molecular complexity index is 269. The molecule has 1 rings (SSSR count). The summed E-state index contributed by atoms with van der Waals surface area (Å²) in [6.07, 6.45) is 1.89. The zero-order chi connectivity index (χ0) is 9.68. The van der Waals surface area contributed by atoms with Crippen LogP contribution in [0.4, 0.5) is 0 Å². The molecule has 0 aliphatic rings. The SMILES string of the molecule is Cc1ccc(CCCl)cc1CCCl. The summed E-state index contributed by atoms with van der Waals surface area (Å²) in [5.74, 6) is 1.37. The third-order valence-corrected chi connectivity index (χ3v) is 2.54. The number of halogens is 2. The van der Waals surface area contributed by atoms with Gasteiger partial charge in [-0.15, -0.1) is 23.2 Å². The minimum absolute atomic E-state index is 0.684. The second-order valence-electron chi connectivity index (χ2n) is 3.14. The summed E-state index contributed by atoms with van der Waals surface area (Å²) in [5.41, 5.74) is 3.97. The van der Waals surface area contributed by atoms with Gasteiger partial charge in [-0.25, -0.2) is 0 Å². The number of alkyl halides is 2. The molecule has 0 saturated carbocycles. The summed E-state index contributed by atoms with van der Waals surface area (Å²) < 4.78 is 0. The molecular formula is C11H14Cl2. The first-order valence-corrected chi connectivity index (χ1v) is 5.55. The fourth-order valence-electron chi connectivity index (χ4n) is 1.36. The van der Waals surface area contributed by atoms with E-state index in [9.17, 15) is 0 Å². The van der Waals surface area contributed by atoms with Crippen molar-refractivity contribution in [3.8, 4) is 0 Å². The summed E-state index contributed by atoms with van der Waals surface area (Å²) in [5, 5.41) is 0. The largest absolute Gasteiger partial charge is 0.126 e. The van der Waals surface area contributed by atoms with E-state index in [1.807, 2.05) is 0 Å². The van der Waals surface area contributed by atoms with Gasteiger partial charge in [0.2, 0.25) is 0 Å². The maximum absolute atomic E-state index is 5.71. The smallest absolute Gasteiger partial charge is 0.0264 e. The first-order valence-electron chi connectivity index (χ1n) is 4.48. The van der Waals surface area contributed by atoms with Gasteiger partial charge in [0.1, 0.15) is 0 Å². The zero-order valence-electron chi connectivity index (χ0n) is 7.82. The van der Waals surface area contributed by atoms with Gasteiger partial charge in [0.05, 0.1) is 0 Å². The van der Waals surface area contributed by atoms with Crippen molar-refractivity contribution in [1.82, 2.24) is 0 Å². The van der Waals surface area contributed by atoms with Gasteiger partial charge in [-0.2, -0.15) is 0 Å². The molecule has 0 unspecified atom stereocenters. The van der Waals surface area contributed by atoms with Crippen molar-refractivity contribution in [2.24, 2.45) is 0 Å². The molecule has 1 aromatic carbocycles. The molecule has 0 amide bonds. The average molecular weight is 217 g/mol. The fraction of sp³-hybridized carbons (Fsp3) is 0.455. The molecule has 0 radical (unpaired) electrons. The molecular weight excluding hydrogens is 203 g/mol. The number of rotatable bonds is 4. The Labute approximate surface area is 89.9 Å².